The van der Waals surface area contributed by atoms with E-state index >= 15 is 0 Å². The summed E-state index contributed by atoms with van der Waals surface area (Å²) in [5.41, 5.74) is 12.6. The molecule has 3 N–H and O–H groups in total. The van der Waals surface area contributed by atoms with Gasteiger partial charge in [0.05, 0.1) is 30.1 Å². The van der Waals surface area contributed by atoms with Crippen molar-refractivity contribution in [1.82, 2.24) is 29.3 Å². The van der Waals surface area contributed by atoms with E-state index in [0.29, 0.717) is 22.4 Å². The van der Waals surface area contributed by atoms with Gasteiger partial charge < -0.3 is 29.8 Å². The molecule has 6 heterocycles. The number of pyridine rings is 1. The average molecular weight is 630 g/mol. The van der Waals surface area contributed by atoms with Crippen molar-refractivity contribution >= 4 is 40.0 Å². The van der Waals surface area contributed by atoms with E-state index in [1.807, 2.05) is 72.0 Å². The normalized spacial score (nSPS) is 23.2. The van der Waals surface area contributed by atoms with Crippen molar-refractivity contribution in [2.75, 3.05) is 7.11 Å². The van der Waals surface area contributed by atoms with Gasteiger partial charge in [0.25, 0.3) is 11.8 Å². The summed E-state index contributed by atoms with van der Waals surface area (Å²) in [5, 5.41) is 4.13. The molecule has 10 heteroatoms. The second-order valence-electron chi connectivity index (χ2n) is 13.1. The van der Waals surface area contributed by atoms with Gasteiger partial charge in [0.1, 0.15) is 16.9 Å². The fourth-order valence-electron chi connectivity index (χ4n) is 7.89. The Balaban J connectivity index is 1.21. The van der Waals surface area contributed by atoms with Crippen LogP contribution < -0.4 is 15.8 Å². The summed E-state index contributed by atoms with van der Waals surface area (Å²) in [5.74, 6) is 1.24. The Bertz CT molecular complexity index is 2090. The standard InChI is InChI=1S/C37H39N7O3/c1-21-28-14-12-23-18-31(43(34(23)40-28)16-8-4-5-9-22-10-6-7-11-26(22)36(45)39-21)35-41-29-17-24(19-32(47-3)33(29)42(35)2)37(46)44-25-13-15-30(44)27(38)20-25/h5-7,9-12,14,17-19,21,25,27,30H,4,8,13,15-16,20,38H2,1-3H3,(H,39,45)/b9-5+/t21-,25+,27-,30-/m1/s1. The number of carbonyl (C=O) groups is 2. The van der Waals surface area contributed by atoms with Crippen LogP contribution in [0.1, 0.15) is 77.0 Å². The number of fused-ring (bicyclic) bond motifs is 5. The second-order valence-corrected chi connectivity index (χ2v) is 13.1. The largest absolute Gasteiger partial charge is 0.494 e. The maximum atomic E-state index is 13.8. The highest BCUT2D eigenvalue weighted by molar-refractivity contribution is 6.01. The number of imidazole rings is 1. The average Bonchev–Trinajstić information content (AvgIpc) is 3.83. The van der Waals surface area contributed by atoms with E-state index in [9.17, 15) is 9.59 Å². The molecule has 2 saturated heterocycles. The summed E-state index contributed by atoms with van der Waals surface area (Å²) in [6.45, 7) is 2.69. The molecular weight excluding hydrogens is 590 g/mol. The second kappa shape index (κ2) is 11.4. The van der Waals surface area contributed by atoms with Crippen LogP contribution in [0.3, 0.4) is 0 Å². The van der Waals surface area contributed by atoms with Crippen molar-refractivity contribution in [3.05, 3.63) is 83.1 Å². The number of ether oxygens (including phenoxy) is 1. The number of nitrogens with zero attached hydrogens (tertiary/aromatic N) is 5. The molecule has 0 spiro atoms. The third kappa shape index (κ3) is 4.81. The van der Waals surface area contributed by atoms with Crippen molar-refractivity contribution in [1.29, 1.82) is 0 Å². The lowest BCUT2D eigenvalue weighted by Gasteiger charge is -2.23. The van der Waals surface area contributed by atoms with Gasteiger partial charge in [-0.3, -0.25) is 9.59 Å². The summed E-state index contributed by atoms with van der Waals surface area (Å²) in [7, 11) is 3.62. The summed E-state index contributed by atoms with van der Waals surface area (Å²) >= 11 is 0. The fourth-order valence-corrected chi connectivity index (χ4v) is 7.89. The topological polar surface area (TPSA) is 120 Å². The summed E-state index contributed by atoms with van der Waals surface area (Å²) in [6.07, 6.45) is 8.68. The van der Waals surface area contributed by atoms with Gasteiger partial charge in [0, 0.05) is 48.2 Å². The number of amides is 2. The zero-order valence-electron chi connectivity index (χ0n) is 26.9. The predicted octanol–water partition coefficient (Wildman–Crippen LogP) is 5.60. The monoisotopic (exact) mass is 629 g/mol. The van der Waals surface area contributed by atoms with Gasteiger partial charge in [-0.15, -0.1) is 0 Å². The SMILES string of the molecule is COc1cc(C(=O)N2[C@H]3CC[C@@H]2[C@H](N)C3)cc2nc(-c3cc4ccc5nc4n3CCC/C=C/c3ccccc3C(=O)N[C@@H]5C)n(C)c12. The zero-order chi connectivity index (χ0) is 32.4. The molecule has 2 amide bonds. The van der Waals surface area contributed by atoms with Gasteiger partial charge in [-0.1, -0.05) is 30.4 Å². The number of methoxy groups -OCH3 is 1. The molecule has 240 valence electrons. The van der Waals surface area contributed by atoms with Crippen LogP contribution in [0.2, 0.25) is 0 Å². The Morgan fingerprint density at radius 2 is 1.94 bits per heavy atom. The van der Waals surface area contributed by atoms with Crippen molar-refractivity contribution in [3.8, 4) is 17.3 Å². The van der Waals surface area contributed by atoms with Crippen LogP contribution in [0, 0.1) is 0 Å². The molecule has 4 bridgehead atoms. The third-order valence-electron chi connectivity index (χ3n) is 10.3. The van der Waals surface area contributed by atoms with Crippen molar-refractivity contribution in [2.24, 2.45) is 12.8 Å². The smallest absolute Gasteiger partial charge is 0.254 e. The number of aryl methyl sites for hydroxylation is 2. The number of benzene rings is 2. The highest BCUT2D eigenvalue weighted by atomic mass is 16.5. The molecule has 2 fully saturated rings. The quantitative estimate of drug-likeness (QED) is 0.268. The first-order valence-electron chi connectivity index (χ1n) is 16.5. The molecule has 8 rings (SSSR count). The molecule has 10 nitrogen and oxygen atoms in total. The van der Waals surface area contributed by atoms with Crippen molar-refractivity contribution in [3.63, 3.8) is 0 Å². The summed E-state index contributed by atoms with van der Waals surface area (Å²) < 4.78 is 10.1. The lowest BCUT2D eigenvalue weighted by Crippen LogP contribution is -2.40. The van der Waals surface area contributed by atoms with E-state index in [1.165, 1.54) is 0 Å². The Kier molecular flexibility index (Phi) is 7.13. The Morgan fingerprint density at radius 1 is 1.09 bits per heavy atom. The number of nitrogens with one attached hydrogen (secondary N) is 1. The van der Waals surface area contributed by atoms with Crippen LogP contribution in [0.4, 0.5) is 0 Å². The molecular formula is C37H39N7O3. The van der Waals surface area contributed by atoms with Gasteiger partial charge in [0.2, 0.25) is 0 Å². The van der Waals surface area contributed by atoms with Crippen LogP contribution >= 0.6 is 0 Å². The Morgan fingerprint density at radius 3 is 2.72 bits per heavy atom. The molecule has 3 aromatic heterocycles. The van der Waals surface area contributed by atoms with Crippen molar-refractivity contribution < 1.29 is 14.3 Å². The number of aromatic nitrogens is 4. The van der Waals surface area contributed by atoms with Gasteiger partial charge >= 0.3 is 0 Å². The number of allylic oxidation sites excluding steroid dienone is 1. The molecule has 47 heavy (non-hydrogen) atoms. The van der Waals surface area contributed by atoms with E-state index in [4.69, 9.17) is 20.4 Å². The maximum Gasteiger partial charge on any atom is 0.254 e. The predicted molar refractivity (Wildman–Crippen MR) is 182 cm³/mol. The Labute approximate surface area is 273 Å². The third-order valence-corrected chi connectivity index (χ3v) is 10.3. The van der Waals surface area contributed by atoms with Crippen LogP contribution in [-0.4, -0.2) is 61.1 Å². The van der Waals surface area contributed by atoms with E-state index in [0.717, 1.165) is 78.0 Å². The first-order valence-corrected chi connectivity index (χ1v) is 16.5. The molecule has 2 aromatic carbocycles. The Hall–Kier alpha value is -4.96. The van der Waals surface area contributed by atoms with Gasteiger partial charge in [-0.25, -0.2) is 9.97 Å². The van der Waals surface area contributed by atoms with Crippen LogP contribution in [-0.2, 0) is 13.6 Å². The molecule has 5 aromatic rings. The maximum absolute atomic E-state index is 13.8. The van der Waals surface area contributed by atoms with Gasteiger partial charge in [0.15, 0.2) is 5.82 Å². The molecule has 3 aliphatic rings. The molecule has 0 saturated carbocycles. The minimum atomic E-state index is -0.296. The number of rotatable bonds is 3. The zero-order valence-corrected chi connectivity index (χ0v) is 26.9. The molecule has 0 unspecified atom stereocenters. The van der Waals surface area contributed by atoms with Crippen molar-refractivity contribution in [2.45, 2.75) is 69.7 Å². The summed E-state index contributed by atoms with van der Waals surface area (Å²) in [6, 6.07) is 17.6. The number of nitrogens with two attached hydrogens (primary N) is 1. The van der Waals surface area contributed by atoms with E-state index < -0.39 is 0 Å². The van der Waals surface area contributed by atoms with Gasteiger partial charge in [-0.05, 0) is 81.0 Å². The van der Waals surface area contributed by atoms with E-state index in [2.05, 4.69) is 28.1 Å². The lowest BCUT2D eigenvalue weighted by atomic mass is 9.97. The fraction of sp³-hybridized carbons (Fsp3) is 0.351. The number of hydrogen-bond acceptors (Lipinski definition) is 6. The first kappa shape index (κ1) is 29.4. The number of hydrogen-bond donors (Lipinski definition) is 2. The number of carbonyl (C=O) groups excluding carboxylic acids is 2. The molecule has 0 aliphatic carbocycles. The van der Waals surface area contributed by atoms with E-state index in [-0.39, 0.29) is 36.0 Å². The summed E-state index contributed by atoms with van der Waals surface area (Å²) in [4.78, 5) is 39.3. The van der Waals surface area contributed by atoms with Gasteiger partial charge in [-0.2, -0.15) is 0 Å². The minimum Gasteiger partial charge on any atom is -0.494 e. The van der Waals surface area contributed by atoms with Crippen LogP contribution in [0.5, 0.6) is 5.75 Å². The van der Waals surface area contributed by atoms with E-state index in [1.54, 1.807) is 7.11 Å². The van der Waals surface area contributed by atoms with Crippen LogP contribution in [0.15, 0.2) is 60.7 Å². The highest BCUT2D eigenvalue weighted by Gasteiger charge is 2.47. The minimum absolute atomic E-state index is 0.00579. The molecule has 3 aliphatic heterocycles. The first-order chi connectivity index (χ1) is 22.8. The molecule has 4 atom stereocenters. The molecule has 0 radical (unpaired) electrons. The highest BCUT2D eigenvalue weighted by Crippen LogP contribution is 2.40. The van der Waals surface area contributed by atoms with Crippen LogP contribution in [0.25, 0.3) is 39.7 Å². The lowest BCUT2D eigenvalue weighted by molar-refractivity contribution is 0.0726.